The molecule has 10 heteroatoms. The number of aliphatic imine (C=N–C) groups is 1. The van der Waals surface area contributed by atoms with Gasteiger partial charge in [-0.3, -0.25) is 10.2 Å². The van der Waals surface area contributed by atoms with E-state index < -0.39 is 23.5 Å². The summed E-state index contributed by atoms with van der Waals surface area (Å²) < 4.78 is 11.4. The number of carbonyl (C=O) groups excluding carboxylic acids is 2. The van der Waals surface area contributed by atoms with Gasteiger partial charge in [0.05, 0.1) is 30.7 Å². The summed E-state index contributed by atoms with van der Waals surface area (Å²) in [5.74, 6) is -0.875. The summed E-state index contributed by atoms with van der Waals surface area (Å²) in [5.41, 5.74) is 3.75. The third kappa shape index (κ3) is 3.35. The molecule has 2 aromatic rings. The summed E-state index contributed by atoms with van der Waals surface area (Å²) in [6.07, 6.45) is 1.17. The van der Waals surface area contributed by atoms with Crippen molar-refractivity contribution in [3.8, 4) is 0 Å². The van der Waals surface area contributed by atoms with Crippen molar-refractivity contribution in [2.24, 2.45) is 4.99 Å². The van der Waals surface area contributed by atoms with Gasteiger partial charge in [-0.1, -0.05) is 30.3 Å². The minimum atomic E-state index is -0.760. The minimum Gasteiger partial charge on any atom is -0.463 e. The van der Waals surface area contributed by atoms with Crippen molar-refractivity contribution < 1.29 is 19.1 Å². The molecule has 0 amide bonds. The molecular formula is C21H21N5O5. The topological polar surface area (TPSA) is 115 Å². The zero-order chi connectivity index (χ0) is 22.1. The second-order valence-electron chi connectivity index (χ2n) is 6.78. The first-order valence-electron chi connectivity index (χ1n) is 9.84. The molecule has 1 atom stereocenters. The van der Waals surface area contributed by atoms with Gasteiger partial charge in [0, 0.05) is 0 Å². The number of nitrogens with zero attached hydrogens (tertiary/aromatic N) is 4. The molecule has 1 aromatic heterocycles. The number of carbonyl (C=O) groups is 2. The molecule has 1 aromatic carbocycles. The highest BCUT2D eigenvalue weighted by Gasteiger charge is 2.42. The van der Waals surface area contributed by atoms with Crippen molar-refractivity contribution in [2.75, 3.05) is 18.6 Å². The maximum absolute atomic E-state index is 13.1. The lowest BCUT2D eigenvalue weighted by Gasteiger charge is -2.33. The first kappa shape index (κ1) is 20.3. The van der Waals surface area contributed by atoms with Crippen LogP contribution in [0, 0.1) is 0 Å². The molecule has 1 unspecified atom stereocenters. The van der Waals surface area contributed by atoms with E-state index in [0.717, 1.165) is 5.56 Å². The quantitative estimate of drug-likeness (QED) is 0.725. The lowest BCUT2D eigenvalue weighted by atomic mass is 9.95. The van der Waals surface area contributed by atoms with Crippen LogP contribution in [0.1, 0.15) is 42.7 Å². The summed E-state index contributed by atoms with van der Waals surface area (Å²) in [4.78, 5) is 46.7. The van der Waals surface area contributed by atoms with E-state index in [0.29, 0.717) is 11.3 Å². The number of nitrogens with one attached hydrogen (secondary N) is 1. The molecule has 0 spiro atoms. The van der Waals surface area contributed by atoms with Crippen LogP contribution < -0.4 is 11.0 Å². The van der Waals surface area contributed by atoms with Crippen LogP contribution in [0.5, 0.6) is 0 Å². The molecule has 31 heavy (non-hydrogen) atoms. The maximum atomic E-state index is 13.1. The number of rotatable bonds is 5. The molecular weight excluding hydrogens is 402 g/mol. The van der Waals surface area contributed by atoms with Crippen molar-refractivity contribution in [3.05, 3.63) is 69.3 Å². The van der Waals surface area contributed by atoms with E-state index in [1.54, 1.807) is 25.8 Å². The molecule has 1 N–H and O–H groups in total. The number of anilines is 1. The van der Waals surface area contributed by atoms with Gasteiger partial charge in [-0.25, -0.2) is 29.1 Å². The van der Waals surface area contributed by atoms with Gasteiger partial charge in [-0.05, 0) is 26.3 Å². The first-order chi connectivity index (χ1) is 15.0. The van der Waals surface area contributed by atoms with Crippen molar-refractivity contribution >= 4 is 23.8 Å². The lowest BCUT2D eigenvalue weighted by Crippen LogP contribution is -2.43. The van der Waals surface area contributed by atoms with Crippen LogP contribution in [0.25, 0.3) is 0 Å². The van der Waals surface area contributed by atoms with Gasteiger partial charge in [0.2, 0.25) is 11.9 Å². The number of hydrogen-bond acceptors (Lipinski definition) is 9. The Balaban J connectivity index is 1.89. The largest absolute Gasteiger partial charge is 0.463 e. The molecule has 2 aliphatic rings. The molecule has 4 rings (SSSR count). The predicted octanol–water partition coefficient (Wildman–Crippen LogP) is 1.86. The summed E-state index contributed by atoms with van der Waals surface area (Å²) in [6.45, 7) is 5.41. The van der Waals surface area contributed by atoms with Crippen molar-refractivity contribution in [2.45, 2.75) is 26.8 Å². The Morgan fingerprint density at radius 3 is 2.45 bits per heavy atom. The number of fused-ring (bicyclic) bond motifs is 3. The van der Waals surface area contributed by atoms with Gasteiger partial charge in [0.1, 0.15) is 11.6 Å². The Hall–Kier alpha value is -3.95. The van der Waals surface area contributed by atoms with Crippen LogP contribution in [-0.4, -0.2) is 45.7 Å². The molecule has 0 saturated carbocycles. The summed E-state index contributed by atoms with van der Waals surface area (Å²) in [6, 6.07) is 8.68. The molecule has 3 heterocycles. The van der Waals surface area contributed by atoms with E-state index in [-0.39, 0.29) is 30.7 Å². The monoisotopic (exact) mass is 423 g/mol. The molecule has 0 saturated heterocycles. The highest BCUT2D eigenvalue weighted by molar-refractivity contribution is 5.99. The number of ether oxygens (including phenoxy) is 2. The Morgan fingerprint density at radius 2 is 1.77 bits per heavy atom. The van der Waals surface area contributed by atoms with E-state index >= 15 is 0 Å². The average molecular weight is 423 g/mol. The molecule has 0 aliphatic carbocycles. The number of allylic oxidation sites excluding steroid dienone is 1. The zero-order valence-corrected chi connectivity index (χ0v) is 17.3. The van der Waals surface area contributed by atoms with Crippen LogP contribution in [0.2, 0.25) is 0 Å². The third-order valence-electron chi connectivity index (χ3n) is 4.89. The van der Waals surface area contributed by atoms with E-state index in [2.05, 4.69) is 15.4 Å². The Bertz CT molecular complexity index is 1170. The maximum Gasteiger partial charge on any atom is 0.345 e. The third-order valence-corrected chi connectivity index (χ3v) is 4.89. The van der Waals surface area contributed by atoms with Gasteiger partial charge in [-0.2, -0.15) is 0 Å². The van der Waals surface area contributed by atoms with Gasteiger partial charge in [0.25, 0.3) is 5.56 Å². The van der Waals surface area contributed by atoms with Crippen molar-refractivity contribution in [1.29, 1.82) is 0 Å². The normalized spacial score (nSPS) is 16.8. The van der Waals surface area contributed by atoms with Gasteiger partial charge in [-0.15, -0.1) is 0 Å². The van der Waals surface area contributed by atoms with Crippen LogP contribution in [0.3, 0.4) is 0 Å². The number of aromatic nitrogens is 2. The van der Waals surface area contributed by atoms with E-state index in [9.17, 15) is 14.4 Å². The highest BCUT2D eigenvalue weighted by Crippen LogP contribution is 2.38. The molecule has 2 aliphatic heterocycles. The number of hydrazine groups is 1. The standard InChI is InChI=1S/C21H21N5O5/c1-4-30-18(28)14-11-22-20-24-26-16(13-9-7-6-8-10-13)15(19(29)31-5-2)12(3)23-21(26)25(20)17(14)27/h6-11,16H,4-5H2,1-3H3,(H,22,24). The smallest absolute Gasteiger partial charge is 0.345 e. The second kappa shape index (κ2) is 8.05. The Labute approximate surface area is 177 Å². The summed E-state index contributed by atoms with van der Waals surface area (Å²) in [7, 11) is 0. The number of benzene rings is 1. The predicted molar refractivity (Wildman–Crippen MR) is 111 cm³/mol. The second-order valence-corrected chi connectivity index (χ2v) is 6.78. The minimum absolute atomic E-state index is 0.131. The molecule has 10 nitrogen and oxygen atoms in total. The average Bonchev–Trinajstić information content (AvgIpc) is 3.12. The first-order valence-corrected chi connectivity index (χ1v) is 9.84. The van der Waals surface area contributed by atoms with Crippen LogP contribution in [-0.2, 0) is 14.3 Å². The van der Waals surface area contributed by atoms with E-state index in [1.807, 2.05) is 30.3 Å². The van der Waals surface area contributed by atoms with Crippen LogP contribution in [0.4, 0.5) is 5.95 Å². The van der Waals surface area contributed by atoms with Crippen LogP contribution >= 0.6 is 0 Å². The summed E-state index contributed by atoms with van der Waals surface area (Å²) in [5, 5.41) is 1.58. The SMILES string of the molecule is CCOC(=O)C1=C(C)N=C2N(Nc3ncc(C(=O)OCC)c(=O)n32)C1c1ccccc1. The zero-order valence-electron chi connectivity index (χ0n) is 17.3. The fourth-order valence-corrected chi connectivity index (χ4v) is 3.57. The van der Waals surface area contributed by atoms with Crippen LogP contribution in [0.15, 0.2) is 57.6 Å². The van der Waals surface area contributed by atoms with E-state index in [4.69, 9.17) is 9.47 Å². The Kier molecular flexibility index (Phi) is 5.28. The molecule has 0 radical (unpaired) electrons. The fourth-order valence-electron chi connectivity index (χ4n) is 3.57. The fraction of sp³-hybridized carbons (Fsp3) is 0.286. The van der Waals surface area contributed by atoms with Crippen molar-refractivity contribution in [1.82, 2.24) is 14.6 Å². The van der Waals surface area contributed by atoms with Crippen molar-refractivity contribution in [3.63, 3.8) is 0 Å². The number of hydrogen-bond donors (Lipinski definition) is 1. The van der Waals surface area contributed by atoms with Gasteiger partial charge in [0.15, 0.2) is 0 Å². The van der Waals surface area contributed by atoms with E-state index in [1.165, 1.54) is 10.8 Å². The molecule has 0 bridgehead atoms. The van der Waals surface area contributed by atoms with Gasteiger partial charge >= 0.3 is 11.9 Å². The molecule has 160 valence electrons. The highest BCUT2D eigenvalue weighted by atomic mass is 16.5. The molecule has 0 fully saturated rings. The summed E-state index contributed by atoms with van der Waals surface area (Å²) >= 11 is 0. The lowest BCUT2D eigenvalue weighted by molar-refractivity contribution is -0.139. The Morgan fingerprint density at radius 1 is 1.10 bits per heavy atom. The van der Waals surface area contributed by atoms with Gasteiger partial charge < -0.3 is 9.47 Å². The number of esters is 2.